The Morgan fingerprint density at radius 3 is 2.62 bits per heavy atom. The molecule has 88 valence electrons. The van der Waals surface area contributed by atoms with E-state index >= 15 is 0 Å². The van der Waals surface area contributed by atoms with Gasteiger partial charge in [-0.2, -0.15) is 0 Å². The Balaban J connectivity index is 2.11. The molecule has 2 N–H and O–H groups in total. The minimum absolute atomic E-state index is 0.694. The lowest BCUT2D eigenvalue weighted by molar-refractivity contribution is 0.412. The van der Waals surface area contributed by atoms with Crippen LogP contribution in [0.5, 0.6) is 0 Å². The molecule has 0 amide bonds. The maximum atomic E-state index is 5.70. The van der Waals surface area contributed by atoms with Gasteiger partial charge in [0.15, 0.2) is 0 Å². The minimum atomic E-state index is 0.694. The molecule has 2 heterocycles. The van der Waals surface area contributed by atoms with E-state index in [1.165, 1.54) is 18.4 Å². The molecule has 0 saturated carbocycles. The molecule has 0 atom stereocenters. The number of rotatable bonds is 2. The molecule has 0 radical (unpaired) electrons. The summed E-state index contributed by atoms with van der Waals surface area (Å²) < 4.78 is 0. The van der Waals surface area contributed by atoms with Crippen molar-refractivity contribution in [1.29, 1.82) is 0 Å². The fraction of sp³-hybridized carbons (Fsp3) is 0.667. The molecule has 0 bridgehead atoms. The number of aryl methyl sites for hydroxylation is 1. The molecule has 0 aromatic carbocycles. The van der Waals surface area contributed by atoms with Crippen molar-refractivity contribution in [2.24, 2.45) is 11.7 Å². The van der Waals surface area contributed by atoms with E-state index in [2.05, 4.69) is 21.8 Å². The fourth-order valence-electron chi connectivity index (χ4n) is 2.22. The zero-order chi connectivity index (χ0) is 11.5. The van der Waals surface area contributed by atoms with Gasteiger partial charge in [0, 0.05) is 24.3 Å². The molecule has 4 heteroatoms. The zero-order valence-electron chi connectivity index (χ0n) is 10.1. The topological polar surface area (TPSA) is 55.0 Å². The maximum Gasteiger partial charge on any atom is 0.135 e. The Kier molecular flexibility index (Phi) is 3.39. The van der Waals surface area contributed by atoms with Crippen LogP contribution in [0, 0.1) is 19.8 Å². The van der Waals surface area contributed by atoms with Crippen molar-refractivity contribution in [2.75, 3.05) is 24.5 Å². The fourth-order valence-corrected chi connectivity index (χ4v) is 2.22. The van der Waals surface area contributed by atoms with E-state index in [4.69, 9.17) is 5.73 Å². The Morgan fingerprint density at radius 2 is 2.00 bits per heavy atom. The first kappa shape index (κ1) is 11.3. The number of nitrogens with zero attached hydrogens (tertiary/aromatic N) is 3. The van der Waals surface area contributed by atoms with Crippen LogP contribution in [0.2, 0.25) is 0 Å². The molecule has 1 aromatic heterocycles. The summed E-state index contributed by atoms with van der Waals surface area (Å²) in [5.74, 6) is 1.79. The molecule has 1 fully saturated rings. The van der Waals surface area contributed by atoms with Crippen LogP contribution in [0.3, 0.4) is 0 Å². The first-order chi connectivity index (χ1) is 7.72. The molecule has 16 heavy (non-hydrogen) atoms. The van der Waals surface area contributed by atoms with Crippen LogP contribution >= 0.6 is 0 Å². The second-order valence-corrected chi connectivity index (χ2v) is 4.57. The van der Waals surface area contributed by atoms with Crippen LogP contribution in [0.15, 0.2) is 6.33 Å². The van der Waals surface area contributed by atoms with Crippen LogP contribution < -0.4 is 10.6 Å². The molecule has 1 saturated heterocycles. The molecule has 4 nitrogen and oxygen atoms in total. The summed E-state index contributed by atoms with van der Waals surface area (Å²) in [5.41, 5.74) is 7.97. The van der Waals surface area contributed by atoms with Gasteiger partial charge < -0.3 is 10.6 Å². The molecule has 0 unspecified atom stereocenters. The van der Waals surface area contributed by atoms with E-state index < -0.39 is 0 Å². The third-order valence-electron chi connectivity index (χ3n) is 3.56. The SMILES string of the molecule is Cc1ncnc(N2CCC(CN)CC2)c1C. The minimum Gasteiger partial charge on any atom is -0.356 e. The molecule has 1 aliphatic heterocycles. The van der Waals surface area contributed by atoms with Gasteiger partial charge in [-0.3, -0.25) is 0 Å². The Labute approximate surface area is 96.9 Å². The lowest BCUT2D eigenvalue weighted by Crippen LogP contribution is -2.37. The van der Waals surface area contributed by atoms with Gasteiger partial charge in [-0.15, -0.1) is 0 Å². The van der Waals surface area contributed by atoms with Crippen LogP contribution in [-0.4, -0.2) is 29.6 Å². The van der Waals surface area contributed by atoms with Crippen molar-refractivity contribution >= 4 is 5.82 Å². The first-order valence-electron chi connectivity index (χ1n) is 5.95. The monoisotopic (exact) mass is 220 g/mol. The van der Waals surface area contributed by atoms with Crippen molar-refractivity contribution in [3.05, 3.63) is 17.6 Å². The highest BCUT2D eigenvalue weighted by atomic mass is 15.2. The second-order valence-electron chi connectivity index (χ2n) is 4.57. The highest BCUT2D eigenvalue weighted by molar-refractivity contribution is 5.47. The summed E-state index contributed by atoms with van der Waals surface area (Å²) in [5, 5.41) is 0. The van der Waals surface area contributed by atoms with Gasteiger partial charge >= 0.3 is 0 Å². The first-order valence-corrected chi connectivity index (χ1v) is 5.95. The lowest BCUT2D eigenvalue weighted by atomic mass is 9.97. The zero-order valence-corrected chi connectivity index (χ0v) is 10.1. The average molecular weight is 220 g/mol. The van der Waals surface area contributed by atoms with Crippen LogP contribution in [0.25, 0.3) is 0 Å². The molecular formula is C12H20N4. The Hall–Kier alpha value is -1.16. The predicted molar refractivity (Wildman–Crippen MR) is 65.5 cm³/mol. The van der Waals surface area contributed by atoms with Gasteiger partial charge in [-0.05, 0) is 39.2 Å². The average Bonchev–Trinajstić information content (AvgIpc) is 2.33. The van der Waals surface area contributed by atoms with E-state index in [-0.39, 0.29) is 0 Å². The van der Waals surface area contributed by atoms with Gasteiger partial charge in [0.25, 0.3) is 0 Å². The van der Waals surface area contributed by atoms with E-state index in [1.807, 2.05) is 6.92 Å². The third-order valence-corrected chi connectivity index (χ3v) is 3.56. The standard InChI is InChI=1S/C12H20N4/c1-9-10(2)14-8-15-12(9)16-5-3-11(7-13)4-6-16/h8,11H,3-7,13H2,1-2H3. The van der Waals surface area contributed by atoms with Crippen molar-refractivity contribution in [3.63, 3.8) is 0 Å². The number of hydrogen-bond donors (Lipinski definition) is 1. The number of nitrogens with two attached hydrogens (primary N) is 1. The molecule has 1 aromatic rings. The van der Waals surface area contributed by atoms with Crippen molar-refractivity contribution < 1.29 is 0 Å². The number of aromatic nitrogens is 2. The van der Waals surface area contributed by atoms with Crippen LogP contribution in [0.4, 0.5) is 5.82 Å². The quantitative estimate of drug-likeness (QED) is 0.815. The number of anilines is 1. The predicted octanol–water partition coefficient (Wildman–Crippen LogP) is 1.27. The summed E-state index contributed by atoms with van der Waals surface area (Å²) in [6.45, 7) is 7.08. The summed E-state index contributed by atoms with van der Waals surface area (Å²) in [7, 11) is 0. The largest absolute Gasteiger partial charge is 0.356 e. The molecular weight excluding hydrogens is 200 g/mol. The lowest BCUT2D eigenvalue weighted by Gasteiger charge is -2.33. The van der Waals surface area contributed by atoms with Crippen LogP contribution in [-0.2, 0) is 0 Å². The summed E-state index contributed by atoms with van der Waals surface area (Å²) in [6.07, 6.45) is 4.02. The van der Waals surface area contributed by atoms with Gasteiger partial charge in [0.2, 0.25) is 0 Å². The van der Waals surface area contributed by atoms with E-state index in [0.29, 0.717) is 5.92 Å². The van der Waals surface area contributed by atoms with Gasteiger partial charge in [0.1, 0.15) is 12.1 Å². The van der Waals surface area contributed by atoms with Gasteiger partial charge in [-0.1, -0.05) is 0 Å². The van der Waals surface area contributed by atoms with Gasteiger partial charge in [0.05, 0.1) is 0 Å². The molecule has 0 aliphatic carbocycles. The number of piperidine rings is 1. The van der Waals surface area contributed by atoms with Crippen molar-refractivity contribution in [1.82, 2.24) is 9.97 Å². The molecule has 2 rings (SSSR count). The van der Waals surface area contributed by atoms with Crippen molar-refractivity contribution in [3.8, 4) is 0 Å². The van der Waals surface area contributed by atoms with Crippen molar-refractivity contribution in [2.45, 2.75) is 26.7 Å². The summed E-state index contributed by atoms with van der Waals surface area (Å²) in [4.78, 5) is 11.0. The van der Waals surface area contributed by atoms with E-state index in [9.17, 15) is 0 Å². The van der Waals surface area contributed by atoms with E-state index in [0.717, 1.165) is 31.1 Å². The van der Waals surface area contributed by atoms with Crippen LogP contribution in [0.1, 0.15) is 24.1 Å². The molecule has 0 spiro atoms. The Bertz CT molecular complexity index is 356. The third kappa shape index (κ3) is 2.16. The normalized spacial score (nSPS) is 17.8. The van der Waals surface area contributed by atoms with Gasteiger partial charge in [-0.25, -0.2) is 9.97 Å². The summed E-state index contributed by atoms with van der Waals surface area (Å²) in [6, 6.07) is 0. The summed E-state index contributed by atoms with van der Waals surface area (Å²) >= 11 is 0. The highest BCUT2D eigenvalue weighted by Gasteiger charge is 2.20. The molecule has 1 aliphatic rings. The Morgan fingerprint density at radius 1 is 1.31 bits per heavy atom. The highest BCUT2D eigenvalue weighted by Crippen LogP contribution is 2.24. The maximum absolute atomic E-state index is 5.70. The smallest absolute Gasteiger partial charge is 0.135 e. The van der Waals surface area contributed by atoms with E-state index in [1.54, 1.807) is 6.33 Å². The number of hydrogen-bond acceptors (Lipinski definition) is 4. The second kappa shape index (κ2) is 4.78.